The van der Waals surface area contributed by atoms with E-state index < -0.39 is 5.97 Å². The van der Waals surface area contributed by atoms with Crippen molar-refractivity contribution in [3.8, 4) is 0 Å². The van der Waals surface area contributed by atoms with Crippen molar-refractivity contribution in [3.63, 3.8) is 0 Å². The third-order valence-electron chi connectivity index (χ3n) is 5.09. The number of carbonyl (C=O) groups excluding carboxylic acids is 2. The van der Waals surface area contributed by atoms with Gasteiger partial charge in [-0.3, -0.25) is 9.59 Å². The number of nitrogens with zero attached hydrogens (tertiary/aromatic N) is 3. The van der Waals surface area contributed by atoms with Gasteiger partial charge >= 0.3 is 5.97 Å². The molecule has 29 heavy (non-hydrogen) atoms. The molecular weight excluding hydrogens is 376 g/mol. The van der Waals surface area contributed by atoms with Gasteiger partial charge in [-0.05, 0) is 18.2 Å². The number of H-pyrrole nitrogens is 1. The van der Waals surface area contributed by atoms with Gasteiger partial charge in [-0.2, -0.15) is 0 Å². The van der Waals surface area contributed by atoms with E-state index in [9.17, 15) is 19.5 Å². The van der Waals surface area contributed by atoms with E-state index in [1.165, 1.54) is 6.07 Å². The van der Waals surface area contributed by atoms with Crippen LogP contribution in [-0.4, -0.2) is 68.8 Å². The normalized spacial score (nSPS) is 14.4. The number of rotatable bonds is 4. The smallest absolute Gasteiger partial charge is 0.339 e. The molecule has 2 amide bonds. The Labute approximate surface area is 165 Å². The van der Waals surface area contributed by atoms with Crippen LogP contribution >= 0.6 is 0 Å². The number of nitrogens with one attached hydrogen (secondary N) is 1. The number of benzene rings is 1. The van der Waals surface area contributed by atoms with Crippen molar-refractivity contribution in [2.45, 2.75) is 13.3 Å². The zero-order chi connectivity index (χ0) is 20.5. The van der Waals surface area contributed by atoms with Crippen molar-refractivity contribution in [2.24, 2.45) is 0 Å². The Kier molecular flexibility index (Phi) is 4.79. The van der Waals surface area contributed by atoms with Crippen molar-refractivity contribution in [2.75, 3.05) is 26.2 Å². The van der Waals surface area contributed by atoms with Crippen molar-refractivity contribution in [1.29, 1.82) is 0 Å². The molecule has 3 aromatic rings. The number of amides is 2. The lowest BCUT2D eigenvalue weighted by Crippen LogP contribution is -2.50. The molecule has 150 valence electrons. The first kappa shape index (κ1) is 18.7. The van der Waals surface area contributed by atoms with E-state index in [1.54, 1.807) is 41.2 Å². The van der Waals surface area contributed by atoms with Crippen molar-refractivity contribution in [3.05, 3.63) is 53.2 Å². The van der Waals surface area contributed by atoms with Gasteiger partial charge in [-0.25, -0.2) is 9.78 Å². The predicted octanol–water partition coefficient (Wildman–Crippen LogP) is 2.01. The highest BCUT2D eigenvalue weighted by Gasteiger charge is 2.28. The number of imidazole rings is 1. The minimum atomic E-state index is -1.12. The predicted molar refractivity (Wildman–Crippen MR) is 103 cm³/mol. The maximum Gasteiger partial charge on any atom is 0.339 e. The Balaban J connectivity index is 1.43. The molecule has 9 nitrogen and oxygen atoms in total. The minimum Gasteiger partial charge on any atom is -0.478 e. The van der Waals surface area contributed by atoms with Crippen LogP contribution in [0.15, 0.2) is 35.0 Å². The molecule has 0 radical (unpaired) electrons. The molecule has 0 bridgehead atoms. The summed E-state index contributed by atoms with van der Waals surface area (Å²) in [5.41, 5.74) is 2.16. The first-order valence-corrected chi connectivity index (χ1v) is 9.35. The molecule has 0 unspecified atom stereocenters. The van der Waals surface area contributed by atoms with Crippen molar-refractivity contribution >= 4 is 28.8 Å². The van der Waals surface area contributed by atoms with E-state index in [-0.39, 0.29) is 28.9 Å². The topological polar surface area (TPSA) is 120 Å². The SMILES string of the molecule is CCc1oc(C(=O)N2CCN(C(=O)c3ccc4nc[nH]c4c3)CC2)cc1C(=O)O. The summed E-state index contributed by atoms with van der Waals surface area (Å²) in [5, 5.41) is 9.22. The molecule has 1 fully saturated rings. The molecule has 1 aliphatic heterocycles. The van der Waals surface area contributed by atoms with Gasteiger partial charge in [0.25, 0.3) is 11.8 Å². The lowest BCUT2D eigenvalue weighted by atomic mass is 10.1. The van der Waals surface area contributed by atoms with Gasteiger partial charge < -0.3 is 24.3 Å². The van der Waals surface area contributed by atoms with E-state index in [4.69, 9.17) is 4.42 Å². The number of aryl methyl sites for hydroxylation is 1. The second-order valence-corrected chi connectivity index (χ2v) is 6.83. The first-order valence-electron chi connectivity index (χ1n) is 9.35. The summed E-state index contributed by atoms with van der Waals surface area (Å²) in [6.07, 6.45) is 1.97. The van der Waals surface area contributed by atoms with Gasteiger partial charge in [0, 0.05) is 44.2 Å². The van der Waals surface area contributed by atoms with Crippen molar-refractivity contribution < 1.29 is 23.9 Å². The van der Waals surface area contributed by atoms with Gasteiger partial charge in [0.1, 0.15) is 11.3 Å². The van der Waals surface area contributed by atoms with E-state index in [0.29, 0.717) is 38.2 Å². The fraction of sp³-hybridized carbons (Fsp3) is 0.300. The molecular formula is C20H20N4O5. The quantitative estimate of drug-likeness (QED) is 0.696. The van der Waals surface area contributed by atoms with Crippen LogP contribution in [0.4, 0.5) is 0 Å². The number of aromatic carboxylic acids is 1. The Hall–Kier alpha value is -3.62. The summed E-state index contributed by atoms with van der Waals surface area (Å²) < 4.78 is 5.46. The second kappa shape index (κ2) is 7.42. The highest BCUT2D eigenvalue weighted by Crippen LogP contribution is 2.20. The van der Waals surface area contributed by atoms with Crippen LogP contribution in [0.3, 0.4) is 0 Å². The summed E-state index contributed by atoms with van der Waals surface area (Å²) in [5.74, 6) is -1.28. The number of carboxylic acids is 1. The van der Waals surface area contributed by atoms with Gasteiger partial charge in [-0.1, -0.05) is 6.92 Å². The summed E-state index contributed by atoms with van der Waals surface area (Å²) in [4.78, 5) is 47.2. The first-order chi connectivity index (χ1) is 14.0. The van der Waals surface area contributed by atoms with Gasteiger partial charge in [-0.15, -0.1) is 0 Å². The Morgan fingerprint density at radius 1 is 1.10 bits per heavy atom. The Morgan fingerprint density at radius 2 is 1.79 bits per heavy atom. The fourth-order valence-corrected chi connectivity index (χ4v) is 3.50. The molecule has 4 rings (SSSR count). The lowest BCUT2D eigenvalue weighted by Gasteiger charge is -2.34. The van der Waals surface area contributed by atoms with E-state index in [1.807, 2.05) is 0 Å². The standard InChI is InChI=1S/C20H20N4O5/c1-2-16-13(20(27)28)10-17(29-16)19(26)24-7-5-23(6-8-24)18(25)12-3-4-14-15(9-12)22-11-21-14/h3-4,9-11H,2,5-8H2,1H3,(H,21,22)(H,27,28). The minimum absolute atomic E-state index is 0.0128. The molecule has 3 heterocycles. The molecule has 2 aromatic heterocycles. The van der Waals surface area contributed by atoms with Crippen LogP contribution < -0.4 is 0 Å². The Morgan fingerprint density at radius 3 is 2.41 bits per heavy atom. The van der Waals surface area contributed by atoms with Crippen LogP contribution in [0, 0.1) is 0 Å². The van der Waals surface area contributed by atoms with Crippen molar-refractivity contribution in [1.82, 2.24) is 19.8 Å². The van der Waals surface area contributed by atoms with Gasteiger partial charge in [0.2, 0.25) is 0 Å². The van der Waals surface area contributed by atoms with E-state index in [0.717, 1.165) is 11.0 Å². The van der Waals surface area contributed by atoms with Crippen LogP contribution in [0.2, 0.25) is 0 Å². The maximum atomic E-state index is 12.8. The number of carboxylic acid groups (broad SMARTS) is 1. The number of fused-ring (bicyclic) bond motifs is 1. The molecule has 9 heteroatoms. The number of aromatic amines is 1. The molecule has 2 N–H and O–H groups in total. The van der Waals surface area contributed by atoms with E-state index in [2.05, 4.69) is 9.97 Å². The highest BCUT2D eigenvalue weighted by atomic mass is 16.4. The molecule has 1 aromatic carbocycles. The molecule has 0 atom stereocenters. The number of hydrogen-bond acceptors (Lipinski definition) is 5. The van der Waals surface area contributed by atoms with Crippen LogP contribution in [-0.2, 0) is 6.42 Å². The van der Waals surface area contributed by atoms with E-state index >= 15 is 0 Å². The fourth-order valence-electron chi connectivity index (χ4n) is 3.50. The summed E-state index contributed by atoms with van der Waals surface area (Å²) >= 11 is 0. The highest BCUT2D eigenvalue weighted by molar-refractivity contribution is 5.98. The van der Waals surface area contributed by atoms with Crippen LogP contribution in [0.25, 0.3) is 11.0 Å². The number of aromatic nitrogens is 2. The third-order valence-corrected chi connectivity index (χ3v) is 5.09. The molecule has 0 aliphatic carbocycles. The summed E-state index contributed by atoms with van der Waals surface area (Å²) in [7, 11) is 0. The second-order valence-electron chi connectivity index (χ2n) is 6.83. The monoisotopic (exact) mass is 396 g/mol. The zero-order valence-corrected chi connectivity index (χ0v) is 15.8. The number of hydrogen-bond donors (Lipinski definition) is 2. The molecule has 1 aliphatic rings. The van der Waals surface area contributed by atoms with Gasteiger partial charge in [0.05, 0.1) is 17.4 Å². The summed E-state index contributed by atoms with van der Waals surface area (Å²) in [6.45, 7) is 3.24. The average molecular weight is 396 g/mol. The molecule has 0 spiro atoms. The Bertz CT molecular complexity index is 1090. The lowest BCUT2D eigenvalue weighted by molar-refractivity contribution is 0.0517. The largest absolute Gasteiger partial charge is 0.478 e. The number of furan rings is 1. The van der Waals surface area contributed by atoms with Gasteiger partial charge in [0.15, 0.2) is 5.76 Å². The summed E-state index contributed by atoms with van der Waals surface area (Å²) in [6, 6.07) is 6.58. The zero-order valence-electron chi connectivity index (χ0n) is 15.8. The maximum absolute atomic E-state index is 12.8. The van der Waals surface area contributed by atoms with Crippen LogP contribution in [0.5, 0.6) is 0 Å². The number of carbonyl (C=O) groups is 3. The molecule has 1 saturated heterocycles. The number of piperazine rings is 1. The molecule has 0 saturated carbocycles. The average Bonchev–Trinajstić information content (AvgIpc) is 3.39. The third kappa shape index (κ3) is 3.46. The van der Waals surface area contributed by atoms with Crippen LogP contribution in [0.1, 0.15) is 44.0 Å².